The third kappa shape index (κ3) is 2.89. The van der Waals surface area contributed by atoms with Gasteiger partial charge in [0.1, 0.15) is 5.75 Å². The van der Waals surface area contributed by atoms with Crippen molar-refractivity contribution in [3.63, 3.8) is 0 Å². The second kappa shape index (κ2) is 7.34. The fourth-order valence-corrected chi connectivity index (χ4v) is 3.69. The Balaban J connectivity index is 1.98. The van der Waals surface area contributed by atoms with Crippen molar-refractivity contribution < 1.29 is 19.1 Å². The molecule has 0 unspecified atom stereocenters. The zero-order chi connectivity index (χ0) is 19.7. The summed E-state index contributed by atoms with van der Waals surface area (Å²) in [4.78, 5) is 30.2. The van der Waals surface area contributed by atoms with E-state index in [1.807, 2.05) is 60.0 Å². The number of nitrogens with one attached hydrogen (secondary N) is 1. The number of ether oxygens (including phenoxy) is 2. The van der Waals surface area contributed by atoms with Crippen molar-refractivity contribution in [2.45, 2.75) is 19.9 Å². The van der Waals surface area contributed by atoms with Gasteiger partial charge >= 0.3 is 5.97 Å². The molecule has 2 heterocycles. The first kappa shape index (κ1) is 18.0. The van der Waals surface area contributed by atoms with Gasteiger partial charge in [0.15, 0.2) is 5.92 Å². The largest absolute Gasteiger partial charge is 0.494 e. The summed E-state index contributed by atoms with van der Waals surface area (Å²) in [6.07, 6.45) is 0. The van der Waals surface area contributed by atoms with Crippen LogP contribution < -0.4 is 10.1 Å². The monoisotopic (exact) mass is 379 g/mol. The Labute approximate surface area is 162 Å². The third-order valence-corrected chi connectivity index (χ3v) is 4.79. The zero-order valence-corrected chi connectivity index (χ0v) is 15.7. The Morgan fingerprint density at radius 1 is 1.11 bits per heavy atom. The molecule has 3 aromatic rings. The molecular weight excluding hydrogens is 358 g/mol. The third-order valence-electron chi connectivity index (χ3n) is 4.79. The lowest BCUT2D eigenvalue weighted by Gasteiger charge is -2.33. The van der Waals surface area contributed by atoms with E-state index in [1.54, 1.807) is 6.92 Å². The molecule has 0 fully saturated rings. The molecular formula is C21H21N3O4. The number of fused-ring (bicyclic) bond motifs is 3. The van der Waals surface area contributed by atoms with Gasteiger partial charge < -0.3 is 14.0 Å². The first-order chi connectivity index (χ1) is 13.7. The average molecular weight is 379 g/mol. The van der Waals surface area contributed by atoms with Gasteiger partial charge in [-0.3, -0.25) is 14.9 Å². The number of hydrogen-bond acceptors (Lipinski definition) is 5. The predicted molar refractivity (Wildman–Crippen MR) is 104 cm³/mol. The van der Waals surface area contributed by atoms with Gasteiger partial charge in [-0.1, -0.05) is 30.3 Å². The number of hydrogen-bond donors (Lipinski definition) is 1. The lowest BCUT2D eigenvalue weighted by Crippen LogP contribution is -2.43. The lowest BCUT2D eigenvalue weighted by molar-refractivity contribution is -0.152. The highest BCUT2D eigenvalue weighted by Gasteiger charge is 2.45. The van der Waals surface area contributed by atoms with Crippen molar-refractivity contribution in [3.8, 4) is 5.75 Å². The van der Waals surface area contributed by atoms with Crippen molar-refractivity contribution in [3.05, 3.63) is 54.1 Å². The number of anilines is 1. The van der Waals surface area contributed by atoms with Gasteiger partial charge in [-0.15, -0.1) is 0 Å². The predicted octanol–water partition coefficient (Wildman–Crippen LogP) is 3.16. The first-order valence-corrected chi connectivity index (χ1v) is 9.31. The number of carbonyl (C=O) groups is 2. The molecule has 7 nitrogen and oxygen atoms in total. The van der Waals surface area contributed by atoms with Crippen molar-refractivity contribution in [1.82, 2.24) is 9.55 Å². The van der Waals surface area contributed by atoms with E-state index in [4.69, 9.17) is 9.47 Å². The quantitative estimate of drug-likeness (QED) is 0.544. The van der Waals surface area contributed by atoms with Gasteiger partial charge in [0, 0.05) is 5.56 Å². The molecule has 144 valence electrons. The van der Waals surface area contributed by atoms with Crippen molar-refractivity contribution in [2.24, 2.45) is 5.92 Å². The van der Waals surface area contributed by atoms with E-state index in [0.29, 0.717) is 18.3 Å². The number of esters is 1. The fourth-order valence-electron chi connectivity index (χ4n) is 3.69. The van der Waals surface area contributed by atoms with Gasteiger partial charge in [-0.2, -0.15) is 0 Å². The van der Waals surface area contributed by atoms with E-state index in [9.17, 15) is 9.59 Å². The molecule has 2 aromatic carbocycles. The van der Waals surface area contributed by atoms with Crippen LogP contribution in [0.4, 0.5) is 5.95 Å². The highest BCUT2D eigenvalue weighted by Crippen LogP contribution is 2.41. The molecule has 1 aliphatic rings. The Bertz CT molecular complexity index is 1040. The number of imidazole rings is 1. The molecule has 28 heavy (non-hydrogen) atoms. The maximum Gasteiger partial charge on any atom is 0.321 e. The lowest BCUT2D eigenvalue weighted by atomic mass is 9.89. The van der Waals surface area contributed by atoms with Gasteiger partial charge in [0.2, 0.25) is 11.9 Å². The molecule has 0 radical (unpaired) electrons. The molecule has 0 spiro atoms. The highest BCUT2D eigenvalue weighted by molar-refractivity contribution is 6.07. The zero-order valence-electron chi connectivity index (χ0n) is 15.7. The summed E-state index contributed by atoms with van der Waals surface area (Å²) in [7, 11) is 0. The second-order valence-electron chi connectivity index (χ2n) is 6.43. The fraction of sp³-hybridized carbons (Fsp3) is 0.286. The minimum Gasteiger partial charge on any atom is -0.494 e. The standard InChI is InChI=1S/C21H21N3O4/c1-3-27-16-12-8-5-9-13(16)18-17(20(26)28-4-2)19(25)23-21-22-14-10-6-7-11-15(14)24(18)21/h5-12,17-18H,3-4H2,1-2H3,(H,22,23,25)/t17-,18-/m0/s1. The molecule has 4 rings (SSSR count). The number of rotatable bonds is 5. The summed E-state index contributed by atoms with van der Waals surface area (Å²) in [5, 5.41) is 2.76. The van der Waals surface area contributed by atoms with Crippen molar-refractivity contribution >= 4 is 28.9 Å². The van der Waals surface area contributed by atoms with E-state index in [2.05, 4.69) is 10.3 Å². The van der Waals surface area contributed by atoms with E-state index < -0.39 is 23.8 Å². The molecule has 0 bridgehead atoms. The van der Waals surface area contributed by atoms with E-state index in [1.165, 1.54) is 0 Å². The van der Waals surface area contributed by atoms with Crippen LogP contribution in [0.1, 0.15) is 25.5 Å². The highest BCUT2D eigenvalue weighted by atomic mass is 16.5. The van der Waals surface area contributed by atoms with Crippen LogP contribution >= 0.6 is 0 Å². The Morgan fingerprint density at radius 2 is 1.86 bits per heavy atom. The SMILES string of the molecule is CCOC(=O)[C@@H]1C(=O)Nc2nc3ccccc3n2[C@H]1c1ccccc1OCC. The maximum absolute atomic E-state index is 12.9. The Hall–Kier alpha value is -3.35. The topological polar surface area (TPSA) is 82.5 Å². The maximum atomic E-state index is 12.9. The molecule has 7 heteroatoms. The van der Waals surface area contributed by atoms with Crippen LogP contribution in [0.3, 0.4) is 0 Å². The number of carbonyl (C=O) groups excluding carboxylic acids is 2. The number of benzene rings is 2. The van der Waals surface area contributed by atoms with E-state index in [-0.39, 0.29) is 6.61 Å². The van der Waals surface area contributed by atoms with Crippen LogP contribution in [0.25, 0.3) is 11.0 Å². The van der Waals surface area contributed by atoms with Crippen LogP contribution in [-0.4, -0.2) is 34.6 Å². The van der Waals surface area contributed by atoms with Crippen LogP contribution in [0.15, 0.2) is 48.5 Å². The number of amides is 1. The number of nitrogens with zero attached hydrogens (tertiary/aromatic N) is 2. The minimum atomic E-state index is -1.05. The first-order valence-electron chi connectivity index (χ1n) is 9.31. The second-order valence-corrected chi connectivity index (χ2v) is 6.43. The van der Waals surface area contributed by atoms with Crippen LogP contribution in [0.5, 0.6) is 5.75 Å². The molecule has 1 N–H and O–H groups in total. The summed E-state index contributed by atoms with van der Waals surface area (Å²) in [6, 6.07) is 14.4. The average Bonchev–Trinajstić information content (AvgIpc) is 3.05. The van der Waals surface area contributed by atoms with E-state index >= 15 is 0 Å². The summed E-state index contributed by atoms with van der Waals surface area (Å²) < 4.78 is 12.9. The summed E-state index contributed by atoms with van der Waals surface area (Å²) in [5.74, 6) is -1.02. The molecule has 0 saturated heterocycles. The van der Waals surface area contributed by atoms with Crippen LogP contribution in [0.2, 0.25) is 0 Å². The number of aromatic nitrogens is 2. The van der Waals surface area contributed by atoms with Gasteiger partial charge in [-0.05, 0) is 32.0 Å². The smallest absolute Gasteiger partial charge is 0.321 e. The summed E-state index contributed by atoms with van der Waals surface area (Å²) >= 11 is 0. The number of para-hydroxylation sites is 3. The van der Waals surface area contributed by atoms with Crippen molar-refractivity contribution in [1.29, 1.82) is 0 Å². The Kier molecular flexibility index (Phi) is 4.73. The molecule has 0 saturated carbocycles. The van der Waals surface area contributed by atoms with Crippen molar-refractivity contribution in [2.75, 3.05) is 18.5 Å². The van der Waals surface area contributed by atoms with E-state index in [0.717, 1.165) is 16.6 Å². The summed E-state index contributed by atoms with van der Waals surface area (Å²) in [6.45, 7) is 4.28. The normalized spacial score (nSPS) is 18.4. The van der Waals surface area contributed by atoms with Gasteiger partial charge in [0.05, 0.1) is 30.3 Å². The van der Waals surface area contributed by atoms with Crippen LogP contribution in [-0.2, 0) is 14.3 Å². The summed E-state index contributed by atoms with van der Waals surface area (Å²) in [5.41, 5.74) is 2.30. The minimum absolute atomic E-state index is 0.194. The molecule has 0 aliphatic carbocycles. The molecule has 2 atom stereocenters. The van der Waals surface area contributed by atoms with Gasteiger partial charge in [0.25, 0.3) is 0 Å². The van der Waals surface area contributed by atoms with Gasteiger partial charge in [-0.25, -0.2) is 4.98 Å². The molecule has 1 aromatic heterocycles. The molecule has 1 amide bonds. The Morgan fingerprint density at radius 3 is 2.64 bits per heavy atom. The van der Waals surface area contributed by atoms with Crippen LogP contribution in [0, 0.1) is 5.92 Å². The molecule has 1 aliphatic heterocycles.